The third-order valence-electron chi connectivity index (χ3n) is 3.85. The Bertz CT molecular complexity index is 779. The van der Waals surface area contributed by atoms with E-state index in [4.69, 9.17) is 4.63 Å². The van der Waals surface area contributed by atoms with Crippen LogP contribution < -0.4 is 10.2 Å². The van der Waals surface area contributed by atoms with E-state index in [1.807, 2.05) is 16.9 Å². The van der Waals surface area contributed by atoms with Gasteiger partial charge in [-0.3, -0.25) is 4.68 Å². The molecule has 0 radical (unpaired) electrons. The van der Waals surface area contributed by atoms with Gasteiger partial charge < -0.3 is 10.2 Å². The molecule has 9 nitrogen and oxygen atoms in total. The number of hydrogen-bond acceptors (Lipinski definition) is 8. The minimum atomic E-state index is 0.430. The highest BCUT2D eigenvalue weighted by Gasteiger charge is 2.25. The molecule has 1 aliphatic carbocycles. The first-order valence-electron chi connectivity index (χ1n) is 7.82. The van der Waals surface area contributed by atoms with Crippen molar-refractivity contribution in [1.29, 1.82) is 0 Å². The number of nitrogens with one attached hydrogen (secondary N) is 1. The Balaban J connectivity index is 1.62. The lowest BCUT2D eigenvalue weighted by atomic mass is 10.4. The standard InChI is InChI=1S/C14H18N8O/c1-2-21(8-9-22-7-3-6-15-22)14-13(16-10-4-5-10)17-11-12(18-14)20-23-19-11/h3,6-7,10H,2,4-5,8-9H2,1H3,(H,16,17,19). The number of aromatic nitrogens is 6. The molecule has 1 fully saturated rings. The monoisotopic (exact) mass is 314 g/mol. The molecule has 120 valence electrons. The van der Waals surface area contributed by atoms with Crippen molar-refractivity contribution in [3.8, 4) is 0 Å². The molecule has 0 saturated heterocycles. The summed E-state index contributed by atoms with van der Waals surface area (Å²) in [5, 5.41) is 15.3. The van der Waals surface area contributed by atoms with Gasteiger partial charge in [-0.1, -0.05) is 0 Å². The van der Waals surface area contributed by atoms with E-state index in [9.17, 15) is 0 Å². The normalized spacial score (nSPS) is 14.3. The summed E-state index contributed by atoms with van der Waals surface area (Å²) >= 11 is 0. The molecule has 1 saturated carbocycles. The summed E-state index contributed by atoms with van der Waals surface area (Å²) in [6.07, 6.45) is 6.06. The number of anilines is 2. The van der Waals surface area contributed by atoms with Gasteiger partial charge >= 0.3 is 0 Å². The zero-order valence-corrected chi connectivity index (χ0v) is 12.9. The minimum absolute atomic E-state index is 0.430. The van der Waals surface area contributed by atoms with Gasteiger partial charge in [0.15, 0.2) is 11.6 Å². The summed E-state index contributed by atoms with van der Waals surface area (Å²) in [6.45, 7) is 4.46. The van der Waals surface area contributed by atoms with E-state index < -0.39 is 0 Å². The number of hydrogen-bond donors (Lipinski definition) is 1. The van der Waals surface area contributed by atoms with E-state index in [-0.39, 0.29) is 0 Å². The van der Waals surface area contributed by atoms with Crippen molar-refractivity contribution in [2.45, 2.75) is 32.4 Å². The van der Waals surface area contributed by atoms with Crippen LogP contribution in [0.15, 0.2) is 23.1 Å². The average Bonchev–Trinajstić information content (AvgIpc) is 3.03. The van der Waals surface area contributed by atoms with Crippen molar-refractivity contribution in [3.63, 3.8) is 0 Å². The zero-order valence-electron chi connectivity index (χ0n) is 12.9. The number of likely N-dealkylation sites (N-methyl/N-ethyl adjacent to an activating group) is 1. The Kier molecular flexibility index (Phi) is 3.52. The topological polar surface area (TPSA) is 97.8 Å². The van der Waals surface area contributed by atoms with Crippen LogP contribution in [0, 0.1) is 0 Å². The molecule has 0 aliphatic heterocycles. The molecule has 0 atom stereocenters. The highest BCUT2D eigenvalue weighted by atomic mass is 16.6. The molecule has 0 spiro atoms. The lowest BCUT2D eigenvalue weighted by molar-refractivity contribution is 0.314. The fourth-order valence-corrected chi connectivity index (χ4v) is 2.44. The summed E-state index contributed by atoms with van der Waals surface area (Å²) in [4.78, 5) is 11.3. The van der Waals surface area contributed by atoms with E-state index in [2.05, 4.69) is 42.5 Å². The van der Waals surface area contributed by atoms with Gasteiger partial charge in [0, 0.05) is 31.5 Å². The van der Waals surface area contributed by atoms with E-state index in [1.165, 1.54) is 0 Å². The molecule has 23 heavy (non-hydrogen) atoms. The predicted octanol–water partition coefficient (Wildman–Crippen LogP) is 1.31. The fraction of sp³-hybridized carbons (Fsp3) is 0.500. The summed E-state index contributed by atoms with van der Waals surface area (Å²) in [5.41, 5.74) is 0.860. The van der Waals surface area contributed by atoms with Gasteiger partial charge in [-0.2, -0.15) is 5.10 Å². The molecule has 3 aromatic rings. The fourth-order valence-electron chi connectivity index (χ4n) is 2.44. The zero-order chi connectivity index (χ0) is 15.6. The number of nitrogens with zero attached hydrogens (tertiary/aromatic N) is 7. The first kappa shape index (κ1) is 13.9. The van der Waals surface area contributed by atoms with Crippen molar-refractivity contribution in [3.05, 3.63) is 18.5 Å². The van der Waals surface area contributed by atoms with Crippen LogP contribution in [0.25, 0.3) is 11.3 Å². The Labute approximate surface area is 132 Å². The molecular formula is C14H18N8O. The maximum Gasteiger partial charge on any atom is 0.245 e. The highest BCUT2D eigenvalue weighted by molar-refractivity contribution is 5.74. The Morgan fingerprint density at radius 1 is 1.30 bits per heavy atom. The molecule has 0 bridgehead atoms. The van der Waals surface area contributed by atoms with Crippen molar-refractivity contribution in [2.24, 2.45) is 0 Å². The van der Waals surface area contributed by atoms with E-state index in [0.29, 0.717) is 17.3 Å². The summed E-state index contributed by atoms with van der Waals surface area (Å²) in [5.74, 6) is 1.53. The highest BCUT2D eigenvalue weighted by Crippen LogP contribution is 2.30. The second-order valence-electron chi connectivity index (χ2n) is 5.57. The van der Waals surface area contributed by atoms with Crippen LogP contribution in [-0.4, -0.2) is 49.2 Å². The molecule has 3 aromatic heterocycles. The largest absolute Gasteiger partial charge is 0.364 e. The average molecular weight is 314 g/mol. The van der Waals surface area contributed by atoms with Crippen molar-refractivity contribution >= 4 is 22.9 Å². The first-order chi connectivity index (χ1) is 11.3. The second-order valence-corrected chi connectivity index (χ2v) is 5.57. The SMILES string of the molecule is CCN(CCn1cccn1)c1nc2nonc2nc1NC1CC1. The molecule has 0 unspecified atom stereocenters. The maximum atomic E-state index is 4.74. The van der Waals surface area contributed by atoms with Crippen LogP contribution in [-0.2, 0) is 6.54 Å². The summed E-state index contributed by atoms with van der Waals surface area (Å²) < 4.78 is 6.65. The molecule has 0 amide bonds. The first-order valence-corrected chi connectivity index (χ1v) is 7.82. The molecule has 9 heteroatoms. The minimum Gasteiger partial charge on any atom is -0.364 e. The maximum absolute atomic E-state index is 4.74. The van der Waals surface area contributed by atoms with E-state index in [1.54, 1.807) is 6.20 Å². The molecular weight excluding hydrogens is 296 g/mol. The predicted molar refractivity (Wildman–Crippen MR) is 84.2 cm³/mol. The lowest BCUT2D eigenvalue weighted by Crippen LogP contribution is -2.29. The van der Waals surface area contributed by atoms with Crippen LogP contribution >= 0.6 is 0 Å². The van der Waals surface area contributed by atoms with Gasteiger partial charge in [0.2, 0.25) is 11.3 Å². The smallest absolute Gasteiger partial charge is 0.245 e. The third kappa shape index (κ3) is 2.94. The summed E-state index contributed by atoms with van der Waals surface area (Å²) in [6, 6.07) is 2.40. The van der Waals surface area contributed by atoms with Crippen molar-refractivity contribution < 1.29 is 4.63 Å². The van der Waals surface area contributed by atoms with Gasteiger partial charge in [-0.05, 0) is 36.1 Å². The van der Waals surface area contributed by atoms with Crippen LogP contribution in [0.3, 0.4) is 0 Å². The number of rotatable bonds is 7. The molecule has 1 N–H and O–H groups in total. The molecule has 3 heterocycles. The van der Waals surface area contributed by atoms with Crippen LogP contribution in [0.4, 0.5) is 11.6 Å². The number of fused-ring (bicyclic) bond motifs is 1. The van der Waals surface area contributed by atoms with E-state index >= 15 is 0 Å². The molecule has 1 aliphatic rings. The van der Waals surface area contributed by atoms with Crippen LogP contribution in [0.2, 0.25) is 0 Å². The molecule has 0 aromatic carbocycles. The van der Waals surface area contributed by atoms with Crippen LogP contribution in [0.5, 0.6) is 0 Å². The Morgan fingerprint density at radius 3 is 2.83 bits per heavy atom. The summed E-state index contributed by atoms with van der Waals surface area (Å²) in [7, 11) is 0. The van der Waals surface area contributed by atoms with Crippen molar-refractivity contribution in [1.82, 2.24) is 30.1 Å². The van der Waals surface area contributed by atoms with Gasteiger partial charge in [0.05, 0.1) is 6.54 Å². The third-order valence-corrected chi connectivity index (χ3v) is 3.85. The second kappa shape index (κ2) is 5.82. The van der Waals surface area contributed by atoms with Gasteiger partial charge in [0.1, 0.15) is 0 Å². The Morgan fingerprint density at radius 2 is 2.13 bits per heavy atom. The van der Waals surface area contributed by atoms with Gasteiger partial charge in [-0.15, -0.1) is 0 Å². The Hall–Kier alpha value is -2.71. The molecule has 4 rings (SSSR count). The van der Waals surface area contributed by atoms with E-state index in [0.717, 1.165) is 44.1 Å². The van der Waals surface area contributed by atoms with Crippen LogP contribution in [0.1, 0.15) is 19.8 Å². The lowest BCUT2D eigenvalue weighted by Gasteiger charge is -2.23. The van der Waals surface area contributed by atoms with Gasteiger partial charge in [0.25, 0.3) is 0 Å². The van der Waals surface area contributed by atoms with Gasteiger partial charge in [-0.25, -0.2) is 14.6 Å². The quantitative estimate of drug-likeness (QED) is 0.697. The van der Waals surface area contributed by atoms with Crippen molar-refractivity contribution in [2.75, 3.05) is 23.3 Å².